The van der Waals surface area contributed by atoms with Crippen LogP contribution in [-0.4, -0.2) is 33.1 Å². The normalized spacial score (nSPS) is 22.5. The highest BCUT2D eigenvalue weighted by Gasteiger charge is 2.58. The number of aromatic nitrogens is 3. The van der Waals surface area contributed by atoms with Gasteiger partial charge in [-0.1, -0.05) is 20.3 Å². The zero-order chi connectivity index (χ0) is 23.2. The Balaban J connectivity index is 2.19. The van der Waals surface area contributed by atoms with E-state index in [2.05, 4.69) is 15.2 Å². The molecule has 0 aromatic carbocycles. The maximum Gasteiger partial charge on any atom is 0.426 e. The highest BCUT2D eigenvalue weighted by atomic mass is 19.4. The first-order chi connectivity index (χ1) is 14.1. The Bertz CT molecular complexity index is 957. The minimum absolute atomic E-state index is 0.0589. The van der Waals surface area contributed by atoms with Crippen LogP contribution < -0.4 is 10.5 Å². The molecule has 0 radical (unpaired) electrons. The Kier molecular flexibility index (Phi) is 5.61. The molecule has 0 amide bonds. The average Bonchev–Trinajstić information content (AvgIpc) is 3.12. The van der Waals surface area contributed by atoms with Gasteiger partial charge in [0.25, 0.3) is 11.8 Å². The third kappa shape index (κ3) is 4.55. The van der Waals surface area contributed by atoms with E-state index < -0.39 is 64.4 Å². The van der Waals surface area contributed by atoms with Gasteiger partial charge in [0.2, 0.25) is 11.5 Å². The molecule has 0 fully saturated rings. The first-order valence-corrected chi connectivity index (χ1v) is 9.28. The summed E-state index contributed by atoms with van der Waals surface area (Å²) in [5.74, 6) is -2.63. The monoisotopic (exact) mass is 454 g/mol. The lowest BCUT2D eigenvalue weighted by molar-refractivity contribution is -0.277. The van der Waals surface area contributed by atoms with Crippen LogP contribution in [0.15, 0.2) is 10.5 Å². The number of pyridine rings is 1. The van der Waals surface area contributed by atoms with E-state index in [4.69, 9.17) is 14.9 Å². The molecule has 3 N–H and O–H groups in total. The summed E-state index contributed by atoms with van der Waals surface area (Å²) in [6.45, 7) is 3.20. The van der Waals surface area contributed by atoms with Crippen LogP contribution >= 0.6 is 0 Å². The molecule has 2 aromatic heterocycles. The summed E-state index contributed by atoms with van der Waals surface area (Å²) in [7, 11) is 0. The summed E-state index contributed by atoms with van der Waals surface area (Å²) < 4.78 is 91.6. The molecule has 0 spiro atoms. The number of rotatable bonds is 0. The summed E-state index contributed by atoms with van der Waals surface area (Å²) in [6, 6.07) is 0.538. The molecule has 3 heterocycles. The van der Waals surface area contributed by atoms with E-state index in [1.807, 2.05) is 0 Å². The van der Waals surface area contributed by atoms with Crippen LogP contribution in [0.25, 0.3) is 11.6 Å². The number of hydrogen-bond acceptors (Lipinski definition) is 7. The van der Waals surface area contributed by atoms with Crippen molar-refractivity contribution < 1.29 is 40.6 Å². The number of anilines is 1. The lowest BCUT2D eigenvalue weighted by atomic mass is 9.86. The van der Waals surface area contributed by atoms with Crippen molar-refractivity contribution in [1.29, 1.82) is 0 Å². The number of aliphatic hydroxyl groups is 1. The maximum absolute atomic E-state index is 13.6. The Morgan fingerprint density at radius 2 is 1.71 bits per heavy atom. The molecule has 7 nitrogen and oxygen atoms in total. The molecule has 1 atom stereocenters. The fourth-order valence-corrected chi connectivity index (χ4v) is 3.17. The van der Waals surface area contributed by atoms with Gasteiger partial charge >= 0.3 is 12.4 Å². The number of nitrogen functional groups attached to an aromatic ring is 1. The second-order valence-electron chi connectivity index (χ2n) is 8.21. The van der Waals surface area contributed by atoms with Gasteiger partial charge in [0.15, 0.2) is 5.69 Å². The van der Waals surface area contributed by atoms with Crippen molar-refractivity contribution in [2.75, 3.05) is 12.3 Å². The van der Waals surface area contributed by atoms with E-state index >= 15 is 0 Å². The first-order valence-electron chi connectivity index (χ1n) is 9.28. The quantitative estimate of drug-likeness (QED) is 0.566. The van der Waals surface area contributed by atoms with E-state index in [-0.39, 0.29) is 19.4 Å². The summed E-state index contributed by atoms with van der Waals surface area (Å²) in [5, 5.41) is 17.0. The minimum Gasteiger partial charge on any atom is -0.477 e. The predicted octanol–water partition coefficient (Wildman–Crippen LogP) is 4.46. The smallest absolute Gasteiger partial charge is 0.426 e. The molecule has 0 aliphatic carbocycles. The molecule has 0 saturated heterocycles. The lowest BCUT2D eigenvalue weighted by Gasteiger charge is -2.29. The highest BCUT2D eigenvalue weighted by molar-refractivity contribution is 5.68. The molecule has 13 heteroatoms. The van der Waals surface area contributed by atoms with Crippen LogP contribution in [0.2, 0.25) is 0 Å². The van der Waals surface area contributed by atoms with Crippen molar-refractivity contribution in [1.82, 2.24) is 15.2 Å². The second-order valence-corrected chi connectivity index (χ2v) is 8.21. The number of fused-ring (bicyclic) bond motifs is 5. The van der Waals surface area contributed by atoms with Crippen LogP contribution in [0.5, 0.6) is 5.88 Å². The van der Waals surface area contributed by atoms with Gasteiger partial charge < -0.3 is 20.0 Å². The molecular formula is C18H20F6N4O3. The molecule has 172 valence electrons. The zero-order valence-corrected chi connectivity index (χ0v) is 16.6. The molecule has 2 aromatic rings. The van der Waals surface area contributed by atoms with Gasteiger partial charge in [-0.3, -0.25) is 0 Å². The van der Waals surface area contributed by atoms with Gasteiger partial charge in [0.05, 0.1) is 12.3 Å². The van der Waals surface area contributed by atoms with Crippen LogP contribution in [0.3, 0.4) is 0 Å². The van der Waals surface area contributed by atoms with Crippen LogP contribution in [-0.2, 0) is 11.8 Å². The Morgan fingerprint density at radius 3 is 2.32 bits per heavy atom. The third-order valence-corrected chi connectivity index (χ3v) is 5.01. The summed E-state index contributed by atoms with van der Waals surface area (Å²) in [6.07, 6.45) is -10.2. The number of ether oxygens (including phenoxy) is 1. The van der Waals surface area contributed by atoms with E-state index in [0.29, 0.717) is 12.5 Å². The molecule has 3 rings (SSSR count). The maximum atomic E-state index is 13.6. The van der Waals surface area contributed by atoms with Crippen molar-refractivity contribution in [3.05, 3.63) is 17.5 Å². The average molecular weight is 454 g/mol. The standard InChI is InChI=1S/C18H20F6N4O3/c1-15(2)5-3-4-6-16(29,18(22,23)24)14-28-27-13(31-14)11-10(25)7-9(17(19,20)21)12(26-11)30-8-15/h7,29H,3-6,8,25H2,1-2H3/t16-/m1/s1. The molecule has 1 aliphatic rings. The van der Waals surface area contributed by atoms with Gasteiger partial charge in [-0.2, -0.15) is 26.3 Å². The van der Waals surface area contributed by atoms with Gasteiger partial charge in [0, 0.05) is 0 Å². The van der Waals surface area contributed by atoms with Gasteiger partial charge in [-0.05, 0) is 30.7 Å². The fraction of sp³-hybridized carbons (Fsp3) is 0.611. The van der Waals surface area contributed by atoms with E-state index in [1.165, 1.54) is 0 Å². The summed E-state index contributed by atoms with van der Waals surface area (Å²) in [5.41, 5.74) is -0.754. The van der Waals surface area contributed by atoms with Crippen molar-refractivity contribution in [2.24, 2.45) is 5.41 Å². The van der Waals surface area contributed by atoms with Crippen molar-refractivity contribution >= 4 is 5.69 Å². The molecular weight excluding hydrogens is 434 g/mol. The fourth-order valence-electron chi connectivity index (χ4n) is 3.17. The van der Waals surface area contributed by atoms with Gasteiger partial charge in [0.1, 0.15) is 5.56 Å². The Hall–Kier alpha value is -2.57. The Labute approximate surface area is 172 Å². The predicted molar refractivity (Wildman–Crippen MR) is 94.6 cm³/mol. The highest BCUT2D eigenvalue weighted by Crippen LogP contribution is 2.45. The summed E-state index contributed by atoms with van der Waals surface area (Å²) >= 11 is 0. The minimum atomic E-state index is -5.13. The molecule has 1 aliphatic heterocycles. The number of halogens is 6. The van der Waals surface area contributed by atoms with Crippen LogP contribution in [0, 0.1) is 5.41 Å². The SMILES string of the molecule is CC1(C)CCCC[C@](O)(C(F)(F)F)c2nnc(o2)-c2nc(c(C(F)(F)F)cc2N)OC1. The third-order valence-electron chi connectivity index (χ3n) is 5.01. The van der Waals surface area contributed by atoms with Crippen molar-refractivity contribution in [2.45, 2.75) is 57.5 Å². The number of alkyl halides is 6. The van der Waals surface area contributed by atoms with Gasteiger partial charge in [-0.25, -0.2) is 4.98 Å². The first kappa shape index (κ1) is 23.1. The van der Waals surface area contributed by atoms with E-state index in [0.717, 1.165) is 0 Å². The van der Waals surface area contributed by atoms with E-state index in [9.17, 15) is 31.4 Å². The number of hydrogen-bond donors (Lipinski definition) is 2. The van der Waals surface area contributed by atoms with E-state index in [1.54, 1.807) is 13.8 Å². The second kappa shape index (κ2) is 7.53. The Morgan fingerprint density at radius 1 is 1.06 bits per heavy atom. The molecule has 4 bridgehead atoms. The molecule has 0 unspecified atom stereocenters. The largest absolute Gasteiger partial charge is 0.477 e. The van der Waals surface area contributed by atoms with Crippen molar-refractivity contribution in [3.8, 4) is 17.5 Å². The van der Waals surface area contributed by atoms with Crippen molar-refractivity contribution in [3.63, 3.8) is 0 Å². The zero-order valence-electron chi connectivity index (χ0n) is 16.6. The molecule has 31 heavy (non-hydrogen) atoms. The number of nitrogens with two attached hydrogens (primary N) is 1. The lowest BCUT2D eigenvalue weighted by Crippen LogP contribution is -2.42. The van der Waals surface area contributed by atoms with Gasteiger partial charge in [-0.15, -0.1) is 10.2 Å². The summed E-state index contributed by atoms with van der Waals surface area (Å²) in [4.78, 5) is 3.72. The molecule has 0 saturated carbocycles. The van der Waals surface area contributed by atoms with Crippen LogP contribution in [0.1, 0.15) is 51.0 Å². The van der Waals surface area contributed by atoms with Crippen LogP contribution in [0.4, 0.5) is 32.0 Å². The topological polar surface area (TPSA) is 107 Å². The number of nitrogens with zero attached hydrogens (tertiary/aromatic N) is 3.